The fourth-order valence-electron chi connectivity index (χ4n) is 4.95. The molecule has 0 unspecified atom stereocenters. The topological polar surface area (TPSA) is 103 Å². The Morgan fingerprint density at radius 2 is 1.67 bits per heavy atom. The highest BCUT2D eigenvalue weighted by atomic mass is 16.6. The first-order chi connectivity index (χ1) is 17.4. The third-order valence-corrected chi connectivity index (χ3v) is 6.67. The summed E-state index contributed by atoms with van der Waals surface area (Å²) in [4.78, 5) is 26.8. The summed E-state index contributed by atoms with van der Waals surface area (Å²) in [6.07, 6.45) is 0.879. The van der Waals surface area contributed by atoms with E-state index in [0.717, 1.165) is 16.8 Å². The number of hydrogen-bond donors (Lipinski definition) is 2. The van der Waals surface area contributed by atoms with Crippen LogP contribution in [0, 0.1) is 0 Å². The average Bonchev–Trinajstić information content (AvgIpc) is 2.87. The molecule has 0 saturated heterocycles. The lowest BCUT2D eigenvalue weighted by atomic mass is 9.71. The van der Waals surface area contributed by atoms with Gasteiger partial charge in [0, 0.05) is 36.4 Å². The zero-order valence-electron chi connectivity index (χ0n) is 20.9. The van der Waals surface area contributed by atoms with Gasteiger partial charge in [-0.05, 0) is 54.7 Å². The van der Waals surface area contributed by atoms with Gasteiger partial charge in [-0.25, -0.2) is 4.79 Å². The summed E-state index contributed by atoms with van der Waals surface area (Å²) in [6.45, 7) is 2.19. The van der Waals surface area contributed by atoms with Crippen molar-refractivity contribution in [2.45, 2.75) is 31.6 Å². The van der Waals surface area contributed by atoms with E-state index in [2.05, 4.69) is 5.32 Å². The normalized spacial score (nSPS) is 19.5. The number of Topliss-reactive ketones (excluding diaryl/α,β-unsaturated/α-hetero) is 1. The van der Waals surface area contributed by atoms with Gasteiger partial charge in [-0.2, -0.15) is 0 Å². The third-order valence-electron chi connectivity index (χ3n) is 6.67. The zero-order valence-corrected chi connectivity index (χ0v) is 20.9. The predicted octanol–water partition coefficient (Wildman–Crippen LogP) is 3.96. The Bertz CT molecular complexity index is 1210. The Morgan fingerprint density at radius 1 is 0.972 bits per heavy atom. The van der Waals surface area contributed by atoms with Crippen LogP contribution in [-0.4, -0.2) is 51.4 Å². The lowest BCUT2D eigenvalue weighted by Crippen LogP contribution is -2.36. The van der Waals surface area contributed by atoms with Crippen molar-refractivity contribution in [2.24, 2.45) is 0 Å². The SMILES string of the molecule is COCCOC(=O)C1=C(C)NC2=C(C(=O)C[C@@H](c3ccc(OC)c(OC)c3)C2)[C@@H]1c1ccc(O)cc1. The molecule has 0 radical (unpaired) electrons. The number of rotatable bonds is 8. The smallest absolute Gasteiger partial charge is 0.336 e. The molecule has 2 aromatic rings. The van der Waals surface area contributed by atoms with Gasteiger partial charge in [-0.15, -0.1) is 0 Å². The summed E-state index contributed by atoms with van der Waals surface area (Å²) in [7, 11) is 4.70. The molecule has 2 atom stereocenters. The van der Waals surface area contributed by atoms with Crippen LogP contribution in [-0.2, 0) is 19.1 Å². The van der Waals surface area contributed by atoms with E-state index < -0.39 is 11.9 Å². The maximum atomic E-state index is 13.7. The Kier molecular flexibility index (Phi) is 7.64. The molecule has 0 aromatic heterocycles. The first kappa shape index (κ1) is 25.3. The number of aromatic hydroxyl groups is 1. The number of methoxy groups -OCH3 is 3. The van der Waals surface area contributed by atoms with E-state index in [1.54, 1.807) is 38.5 Å². The molecule has 2 aliphatic rings. The largest absolute Gasteiger partial charge is 0.508 e. The highest BCUT2D eigenvalue weighted by Gasteiger charge is 2.41. The number of hydrogen-bond acceptors (Lipinski definition) is 8. The minimum absolute atomic E-state index is 0.0451. The zero-order chi connectivity index (χ0) is 25.8. The van der Waals surface area contributed by atoms with Crippen molar-refractivity contribution in [2.75, 3.05) is 34.5 Å². The maximum Gasteiger partial charge on any atom is 0.336 e. The molecule has 8 heteroatoms. The molecule has 0 spiro atoms. The maximum absolute atomic E-state index is 13.7. The Morgan fingerprint density at radius 3 is 2.33 bits per heavy atom. The molecule has 1 aliphatic heterocycles. The summed E-state index contributed by atoms with van der Waals surface area (Å²) in [5.41, 5.74) is 4.07. The monoisotopic (exact) mass is 493 g/mol. The fourth-order valence-corrected chi connectivity index (χ4v) is 4.95. The van der Waals surface area contributed by atoms with Crippen LogP contribution in [0.1, 0.15) is 42.7 Å². The van der Waals surface area contributed by atoms with Gasteiger partial charge < -0.3 is 29.4 Å². The van der Waals surface area contributed by atoms with Crippen LogP contribution in [0.15, 0.2) is 65.0 Å². The van der Waals surface area contributed by atoms with Crippen molar-refractivity contribution in [3.8, 4) is 17.2 Å². The summed E-state index contributed by atoms with van der Waals surface area (Å²) in [6, 6.07) is 12.3. The molecule has 36 heavy (non-hydrogen) atoms. The van der Waals surface area contributed by atoms with Gasteiger partial charge in [0.2, 0.25) is 0 Å². The number of esters is 1. The van der Waals surface area contributed by atoms with Gasteiger partial charge in [-0.3, -0.25) is 4.79 Å². The lowest BCUT2D eigenvalue weighted by molar-refractivity contribution is -0.140. The molecule has 0 fully saturated rings. The van der Waals surface area contributed by atoms with Gasteiger partial charge >= 0.3 is 5.97 Å². The van der Waals surface area contributed by atoms with E-state index >= 15 is 0 Å². The van der Waals surface area contributed by atoms with Gasteiger partial charge in [0.15, 0.2) is 17.3 Å². The average molecular weight is 494 g/mol. The Balaban J connectivity index is 1.73. The highest BCUT2D eigenvalue weighted by Crippen LogP contribution is 2.46. The number of benzene rings is 2. The van der Waals surface area contributed by atoms with E-state index in [4.69, 9.17) is 18.9 Å². The predicted molar refractivity (Wildman–Crippen MR) is 133 cm³/mol. The van der Waals surface area contributed by atoms with Crippen molar-refractivity contribution in [1.82, 2.24) is 5.32 Å². The molecule has 0 amide bonds. The van der Waals surface area contributed by atoms with Crippen molar-refractivity contribution in [3.63, 3.8) is 0 Å². The quantitative estimate of drug-likeness (QED) is 0.421. The summed E-state index contributed by atoms with van der Waals surface area (Å²) in [5.74, 6) is 0.130. The van der Waals surface area contributed by atoms with Crippen LogP contribution in [0.3, 0.4) is 0 Å². The lowest BCUT2D eigenvalue weighted by Gasteiger charge is -2.36. The molecule has 2 N–H and O–H groups in total. The number of allylic oxidation sites excluding steroid dienone is 3. The Hall–Kier alpha value is -3.78. The van der Waals surface area contributed by atoms with Crippen LogP contribution in [0.25, 0.3) is 0 Å². The third kappa shape index (κ3) is 4.95. The van der Waals surface area contributed by atoms with E-state index in [-0.39, 0.29) is 37.1 Å². The van der Waals surface area contributed by atoms with E-state index in [9.17, 15) is 14.7 Å². The second-order valence-corrected chi connectivity index (χ2v) is 8.85. The molecule has 4 rings (SSSR count). The van der Waals surface area contributed by atoms with Crippen molar-refractivity contribution >= 4 is 11.8 Å². The van der Waals surface area contributed by atoms with Crippen LogP contribution >= 0.6 is 0 Å². The molecule has 0 saturated carbocycles. The number of nitrogens with one attached hydrogen (secondary N) is 1. The van der Waals surface area contributed by atoms with E-state index in [1.807, 2.05) is 25.1 Å². The summed E-state index contributed by atoms with van der Waals surface area (Å²) in [5, 5.41) is 13.2. The Labute approximate surface area is 210 Å². The van der Waals surface area contributed by atoms with Crippen LogP contribution in [0.4, 0.5) is 0 Å². The number of dihydropyridines is 1. The molecule has 190 valence electrons. The standard InChI is InChI=1S/C28H31NO7/c1-16-25(28(32)36-12-11-33-2)26(17-5-8-20(30)9-6-17)27-21(29-16)13-19(14-22(27)31)18-7-10-23(34-3)24(15-18)35-4/h5-10,15,19,26,29-30H,11-14H2,1-4H3/t19-,26+/m0/s1. The molecule has 1 aliphatic carbocycles. The molecule has 2 aromatic carbocycles. The highest BCUT2D eigenvalue weighted by molar-refractivity contribution is 6.04. The van der Waals surface area contributed by atoms with Crippen molar-refractivity contribution in [3.05, 3.63) is 76.1 Å². The number of carbonyl (C=O) groups excluding carboxylic acids is 2. The van der Waals surface area contributed by atoms with E-state index in [1.165, 1.54) is 7.11 Å². The molecule has 1 heterocycles. The number of phenols is 1. The van der Waals surface area contributed by atoms with Crippen LogP contribution < -0.4 is 14.8 Å². The second-order valence-electron chi connectivity index (χ2n) is 8.85. The van der Waals surface area contributed by atoms with Gasteiger partial charge in [0.25, 0.3) is 0 Å². The minimum atomic E-state index is -0.601. The minimum Gasteiger partial charge on any atom is -0.508 e. The summed E-state index contributed by atoms with van der Waals surface area (Å²) < 4.78 is 21.3. The second kappa shape index (κ2) is 10.9. The number of ether oxygens (including phenoxy) is 4. The molecular formula is C28H31NO7. The fraction of sp³-hybridized carbons (Fsp3) is 0.357. The first-order valence-electron chi connectivity index (χ1n) is 11.8. The first-order valence-corrected chi connectivity index (χ1v) is 11.8. The van der Waals surface area contributed by atoms with Gasteiger partial charge in [0.1, 0.15) is 12.4 Å². The molecular weight excluding hydrogens is 462 g/mol. The number of ketones is 1. The number of carbonyl (C=O) groups is 2. The van der Waals surface area contributed by atoms with E-state index in [0.29, 0.717) is 34.8 Å². The van der Waals surface area contributed by atoms with Gasteiger partial charge in [0.05, 0.1) is 26.4 Å². The van der Waals surface area contributed by atoms with Gasteiger partial charge in [-0.1, -0.05) is 18.2 Å². The summed E-state index contributed by atoms with van der Waals surface area (Å²) >= 11 is 0. The molecule has 8 nitrogen and oxygen atoms in total. The molecule has 0 bridgehead atoms. The van der Waals surface area contributed by atoms with Crippen LogP contribution in [0.5, 0.6) is 17.2 Å². The van der Waals surface area contributed by atoms with Crippen molar-refractivity contribution < 1.29 is 33.6 Å². The number of phenolic OH excluding ortho intramolecular Hbond substituents is 1. The van der Waals surface area contributed by atoms with Crippen LogP contribution in [0.2, 0.25) is 0 Å². The van der Waals surface area contributed by atoms with Crippen molar-refractivity contribution in [1.29, 1.82) is 0 Å².